The maximum Gasteiger partial charge on any atom is 0.0678 e. The molecule has 0 N–H and O–H groups in total. The summed E-state index contributed by atoms with van der Waals surface area (Å²) >= 11 is 0. The van der Waals surface area contributed by atoms with E-state index in [9.17, 15) is 0 Å². The topological polar surface area (TPSA) is 36.3 Å². The average Bonchev–Trinajstić information content (AvgIpc) is 1.99. The molecule has 1 saturated heterocycles. The van der Waals surface area contributed by atoms with Crippen LogP contribution in [0.15, 0.2) is 0 Å². The highest BCUT2D eigenvalue weighted by Crippen LogP contribution is 2.10. The maximum absolute atomic E-state index is 8.42. The van der Waals surface area contributed by atoms with E-state index in [1.165, 1.54) is 0 Å². The Kier molecular flexibility index (Phi) is 3.51. The van der Waals surface area contributed by atoms with Crippen LogP contribution >= 0.6 is 0 Å². The van der Waals surface area contributed by atoms with Crippen LogP contribution in [0.2, 0.25) is 0 Å². The van der Waals surface area contributed by atoms with Crippen molar-refractivity contribution in [1.29, 1.82) is 5.26 Å². The highest BCUT2D eigenvalue weighted by atomic mass is 16.5. The number of morpholine rings is 1. The van der Waals surface area contributed by atoms with Crippen LogP contribution < -0.4 is 0 Å². The molecule has 1 fully saturated rings. The first-order valence-electron chi connectivity index (χ1n) is 4.47. The van der Waals surface area contributed by atoms with Crippen molar-refractivity contribution in [2.45, 2.75) is 32.5 Å². The summed E-state index contributed by atoms with van der Waals surface area (Å²) in [7, 11) is 0. The zero-order valence-corrected chi connectivity index (χ0v) is 7.79. The molecule has 1 aliphatic rings. The second-order valence-electron chi connectivity index (χ2n) is 3.43. The summed E-state index contributed by atoms with van der Waals surface area (Å²) in [6.45, 7) is 6.97. The molecule has 68 valence electrons. The Hall–Kier alpha value is -0.590. The quantitative estimate of drug-likeness (QED) is 0.617. The van der Waals surface area contributed by atoms with Crippen molar-refractivity contribution < 1.29 is 4.74 Å². The molecule has 0 aromatic rings. The third-order valence-corrected chi connectivity index (χ3v) is 2.04. The lowest BCUT2D eigenvalue weighted by Crippen LogP contribution is -2.45. The molecule has 1 rings (SSSR count). The van der Waals surface area contributed by atoms with Crippen LogP contribution in [0, 0.1) is 11.3 Å². The molecule has 0 aliphatic carbocycles. The van der Waals surface area contributed by atoms with Gasteiger partial charge in [0.1, 0.15) is 0 Å². The third kappa shape index (κ3) is 2.80. The molecule has 0 aromatic carbocycles. The molecule has 3 heteroatoms. The highest BCUT2D eigenvalue weighted by Gasteiger charge is 2.21. The van der Waals surface area contributed by atoms with Crippen molar-refractivity contribution in [2.75, 3.05) is 19.6 Å². The second kappa shape index (κ2) is 4.44. The predicted molar refractivity (Wildman–Crippen MR) is 46.7 cm³/mol. The minimum atomic E-state index is 0.312. The van der Waals surface area contributed by atoms with Gasteiger partial charge in [-0.25, -0.2) is 0 Å². The van der Waals surface area contributed by atoms with Gasteiger partial charge in [-0.2, -0.15) is 5.26 Å². The molecule has 0 amide bonds. The van der Waals surface area contributed by atoms with Gasteiger partial charge in [0.05, 0.1) is 18.3 Å². The number of hydrogen-bond donors (Lipinski definition) is 0. The van der Waals surface area contributed by atoms with Crippen LogP contribution in [0.1, 0.15) is 20.3 Å². The fraction of sp³-hybridized carbons (Fsp3) is 0.889. The molecule has 0 spiro atoms. The Bertz CT molecular complexity index is 166. The van der Waals surface area contributed by atoms with Gasteiger partial charge >= 0.3 is 0 Å². The molecule has 12 heavy (non-hydrogen) atoms. The smallest absolute Gasteiger partial charge is 0.0678 e. The number of hydrogen-bond acceptors (Lipinski definition) is 3. The van der Waals surface area contributed by atoms with E-state index >= 15 is 0 Å². The van der Waals surface area contributed by atoms with Gasteiger partial charge in [-0.3, -0.25) is 4.90 Å². The number of nitrogens with zero attached hydrogens (tertiary/aromatic N) is 2. The maximum atomic E-state index is 8.42. The van der Waals surface area contributed by atoms with Gasteiger partial charge in [0.2, 0.25) is 0 Å². The Morgan fingerprint density at radius 3 is 2.50 bits per heavy atom. The van der Waals surface area contributed by atoms with Crippen molar-refractivity contribution in [2.24, 2.45) is 0 Å². The van der Waals surface area contributed by atoms with Crippen molar-refractivity contribution in [1.82, 2.24) is 4.90 Å². The largest absolute Gasteiger partial charge is 0.373 e. The standard InChI is InChI=1S/C9H16N2O/c1-8-6-11(5-3-4-10)7-9(2)12-8/h8-9H,3,5-7H2,1-2H3/t8-,9-/m0/s1. The van der Waals surface area contributed by atoms with Crippen LogP contribution in [0.5, 0.6) is 0 Å². The van der Waals surface area contributed by atoms with E-state index < -0.39 is 0 Å². The van der Waals surface area contributed by atoms with E-state index in [0.717, 1.165) is 19.6 Å². The van der Waals surface area contributed by atoms with Gasteiger partial charge in [-0.15, -0.1) is 0 Å². The van der Waals surface area contributed by atoms with Gasteiger partial charge in [0, 0.05) is 26.1 Å². The van der Waals surface area contributed by atoms with E-state index in [-0.39, 0.29) is 0 Å². The zero-order valence-electron chi connectivity index (χ0n) is 7.79. The second-order valence-corrected chi connectivity index (χ2v) is 3.43. The van der Waals surface area contributed by atoms with Gasteiger partial charge in [0.25, 0.3) is 0 Å². The summed E-state index contributed by atoms with van der Waals surface area (Å²) < 4.78 is 5.57. The highest BCUT2D eigenvalue weighted by molar-refractivity contribution is 4.77. The van der Waals surface area contributed by atoms with Crippen LogP contribution in [-0.4, -0.2) is 36.7 Å². The molecular formula is C9H16N2O. The molecule has 0 bridgehead atoms. The third-order valence-electron chi connectivity index (χ3n) is 2.04. The summed E-state index contributed by atoms with van der Waals surface area (Å²) in [5.74, 6) is 0. The molecule has 0 aromatic heterocycles. The van der Waals surface area contributed by atoms with Crippen LogP contribution in [0.4, 0.5) is 0 Å². The van der Waals surface area contributed by atoms with Crippen molar-refractivity contribution in [3.05, 3.63) is 0 Å². The fourth-order valence-electron chi connectivity index (χ4n) is 1.68. The minimum Gasteiger partial charge on any atom is -0.373 e. The molecule has 2 atom stereocenters. The molecular weight excluding hydrogens is 152 g/mol. The summed E-state index contributed by atoms with van der Waals surface area (Å²) in [6, 6.07) is 2.16. The monoisotopic (exact) mass is 168 g/mol. The Balaban J connectivity index is 2.30. The van der Waals surface area contributed by atoms with Gasteiger partial charge in [-0.05, 0) is 13.8 Å². The van der Waals surface area contributed by atoms with Crippen molar-refractivity contribution >= 4 is 0 Å². The van der Waals surface area contributed by atoms with E-state index in [2.05, 4.69) is 24.8 Å². The predicted octanol–water partition coefficient (Wildman–Crippen LogP) is 1.01. The van der Waals surface area contributed by atoms with Gasteiger partial charge < -0.3 is 4.74 Å². The van der Waals surface area contributed by atoms with Gasteiger partial charge in [0.15, 0.2) is 0 Å². The SMILES string of the molecule is C[C@H]1CN(CCC#N)C[C@H](C)O1. The van der Waals surface area contributed by atoms with Crippen molar-refractivity contribution in [3.63, 3.8) is 0 Å². The lowest BCUT2D eigenvalue weighted by atomic mass is 10.2. The first-order valence-corrected chi connectivity index (χ1v) is 4.47. The molecule has 0 unspecified atom stereocenters. The molecule has 0 radical (unpaired) electrons. The Morgan fingerprint density at radius 1 is 1.42 bits per heavy atom. The van der Waals surface area contributed by atoms with Crippen LogP contribution in [0.3, 0.4) is 0 Å². The van der Waals surface area contributed by atoms with Crippen LogP contribution in [0.25, 0.3) is 0 Å². The van der Waals surface area contributed by atoms with E-state index in [1.807, 2.05) is 0 Å². The molecule has 3 nitrogen and oxygen atoms in total. The summed E-state index contributed by atoms with van der Waals surface area (Å²) in [4.78, 5) is 2.29. The molecule has 1 aliphatic heterocycles. The minimum absolute atomic E-state index is 0.312. The summed E-state index contributed by atoms with van der Waals surface area (Å²) in [6.07, 6.45) is 1.25. The van der Waals surface area contributed by atoms with Crippen molar-refractivity contribution in [3.8, 4) is 6.07 Å². The number of nitriles is 1. The lowest BCUT2D eigenvalue weighted by molar-refractivity contribution is -0.0672. The molecule has 0 saturated carbocycles. The first kappa shape index (κ1) is 9.50. The van der Waals surface area contributed by atoms with E-state index in [0.29, 0.717) is 18.6 Å². The zero-order chi connectivity index (χ0) is 8.97. The van der Waals surface area contributed by atoms with E-state index in [1.54, 1.807) is 0 Å². The Morgan fingerprint density at radius 2 is 2.00 bits per heavy atom. The summed E-state index contributed by atoms with van der Waals surface area (Å²) in [5, 5.41) is 8.42. The summed E-state index contributed by atoms with van der Waals surface area (Å²) in [5.41, 5.74) is 0. The normalized spacial score (nSPS) is 31.4. The fourth-order valence-corrected chi connectivity index (χ4v) is 1.68. The molecule has 1 heterocycles. The lowest BCUT2D eigenvalue weighted by Gasteiger charge is -2.34. The first-order chi connectivity index (χ1) is 5.72. The average molecular weight is 168 g/mol. The number of rotatable bonds is 2. The Labute approximate surface area is 73.9 Å². The van der Waals surface area contributed by atoms with Gasteiger partial charge in [-0.1, -0.05) is 0 Å². The van der Waals surface area contributed by atoms with E-state index in [4.69, 9.17) is 10.00 Å². The number of ether oxygens (including phenoxy) is 1. The van der Waals surface area contributed by atoms with Crippen LogP contribution in [-0.2, 0) is 4.74 Å².